The van der Waals surface area contributed by atoms with Gasteiger partial charge in [-0.25, -0.2) is 0 Å². The number of ether oxygens (including phenoxy) is 2. The van der Waals surface area contributed by atoms with Gasteiger partial charge in [0.2, 0.25) is 0 Å². The van der Waals surface area contributed by atoms with Crippen molar-refractivity contribution in [3.63, 3.8) is 0 Å². The lowest BCUT2D eigenvalue weighted by molar-refractivity contribution is -0.115. The molecule has 1 amide bonds. The summed E-state index contributed by atoms with van der Waals surface area (Å²) in [7, 11) is 1.60. The van der Waals surface area contributed by atoms with Crippen molar-refractivity contribution >= 4 is 28.9 Å². The molecule has 1 aliphatic heterocycles. The number of methoxy groups -OCH3 is 1. The highest BCUT2D eigenvalue weighted by molar-refractivity contribution is 8.18. The summed E-state index contributed by atoms with van der Waals surface area (Å²) in [5.41, 5.74) is 0.840. The minimum Gasteiger partial charge on any atom is -0.493 e. The molecule has 0 bridgehead atoms. The maximum Gasteiger partial charge on any atom is 0.264 e. The fourth-order valence-corrected chi connectivity index (χ4v) is 2.90. The third-order valence-corrected chi connectivity index (χ3v) is 4.23. The smallest absolute Gasteiger partial charge is 0.264 e. The maximum absolute atomic E-state index is 11.6. The van der Waals surface area contributed by atoms with E-state index in [0.717, 1.165) is 23.7 Å². The van der Waals surface area contributed by atoms with Gasteiger partial charge >= 0.3 is 0 Å². The zero-order valence-electron chi connectivity index (χ0n) is 13.5. The number of hydrogen-bond acceptors (Lipinski definition) is 5. The fraction of sp³-hybridized carbons (Fsp3) is 0.412. The monoisotopic (exact) mass is 334 g/mol. The van der Waals surface area contributed by atoms with Crippen molar-refractivity contribution in [3.05, 3.63) is 28.7 Å². The molecule has 0 unspecified atom stereocenters. The lowest BCUT2D eigenvalue weighted by atomic mass is 10.2. The molecule has 2 N–H and O–H groups in total. The quantitative estimate of drug-likeness (QED) is 0.560. The normalized spacial score (nSPS) is 15.8. The van der Waals surface area contributed by atoms with Crippen LogP contribution in [0.4, 0.5) is 0 Å². The minimum absolute atomic E-state index is 0.153. The molecule has 1 saturated heterocycles. The van der Waals surface area contributed by atoms with Gasteiger partial charge in [0.1, 0.15) is 0 Å². The van der Waals surface area contributed by atoms with Gasteiger partial charge in [-0.05, 0) is 42.0 Å². The third-order valence-electron chi connectivity index (χ3n) is 3.40. The molecular weight excluding hydrogens is 312 g/mol. The summed E-state index contributed by atoms with van der Waals surface area (Å²) < 4.78 is 11.1. The molecule has 5 nitrogen and oxygen atoms in total. The van der Waals surface area contributed by atoms with Gasteiger partial charge in [0.15, 0.2) is 16.7 Å². The molecule has 0 aromatic heterocycles. The largest absolute Gasteiger partial charge is 0.493 e. The molecule has 2 rings (SSSR count). The third kappa shape index (κ3) is 5.03. The predicted octanol–water partition coefficient (Wildman–Crippen LogP) is 3.79. The topological polar surface area (TPSA) is 71.4 Å². The molecule has 0 radical (unpaired) electrons. The summed E-state index contributed by atoms with van der Waals surface area (Å²) in [6.07, 6.45) is 6.37. The van der Waals surface area contributed by atoms with Crippen molar-refractivity contribution in [2.75, 3.05) is 13.7 Å². The van der Waals surface area contributed by atoms with E-state index in [4.69, 9.17) is 14.9 Å². The molecule has 6 heteroatoms. The van der Waals surface area contributed by atoms with Gasteiger partial charge in [0, 0.05) is 0 Å². The van der Waals surface area contributed by atoms with Gasteiger partial charge in [-0.2, -0.15) is 0 Å². The van der Waals surface area contributed by atoms with E-state index in [1.807, 2.05) is 18.2 Å². The number of nitrogens with one attached hydrogen (secondary N) is 2. The van der Waals surface area contributed by atoms with E-state index in [0.29, 0.717) is 23.0 Å². The van der Waals surface area contributed by atoms with Crippen LogP contribution in [-0.4, -0.2) is 24.8 Å². The first-order chi connectivity index (χ1) is 11.1. The van der Waals surface area contributed by atoms with E-state index >= 15 is 0 Å². The van der Waals surface area contributed by atoms with Crippen LogP contribution in [0.3, 0.4) is 0 Å². The molecular formula is C17H22N2O3S. The average Bonchev–Trinajstić information content (AvgIpc) is 2.85. The highest BCUT2D eigenvalue weighted by Gasteiger charge is 2.22. The number of carbonyl (C=O) groups is 1. The average molecular weight is 334 g/mol. The van der Waals surface area contributed by atoms with E-state index in [-0.39, 0.29) is 11.1 Å². The molecule has 1 heterocycles. The van der Waals surface area contributed by atoms with Gasteiger partial charge in [-0.3, -0.25) is 10.2 Å². The van der Waals surface area contributed by atoms with Crippen molar-refractivity contribution < 1.29 is 14.3 Å². The van der Waals surface area contributed by atoms with Crippen molar-refractivity contribution in [2.45, 2.75) is 32.6 Å². The zero-order valence-corrected chi connectivity index (χ0v) is 14.3. The van der Waals surface area contributed by atoms with Crippen LogP contribution in [0.1, 0.15) is 38.2 Å². The summed E-state index contributed by atoms with van der Waals surface area (Å²) in [6.45, 7) is 2.85. The molecule has 0 saturated carbocycles. The van der Waals surface area contributed by atoms with E-state index < -0.39 is 0 Å². The number of thioether (sulfide) groups is 1. The molecule has 0 spiro atoms. The van der Waals surface area contributed by atoms with Gasteiger partial charge in [0.25, 0.3) is 5.91 Å². The lowest BCUT2D eigenvalue weighted by Crippen LogP contribution is -2.18. The number of unbranched alkanes of at least 4 members (excludes halogenated alkanes) is 3. The number of carbonyl (C=O) groups excluding carboxylic acids is 1. The van der Waals surface area contributed by atoms with Crippen LogP contribution in [0.15, 0.2) is 23.1 Å². The molecule has 23 heavy (non-hydrogen) atoms. The Labute approximate surface area is 140 Å². The Morgan fingerprint density at radius 2 is 2.09 bits per heavy atom. The van der Waals surface area contributed by atoms with E-state index in [2.05, 4.69) is 12.2 Å². The van der Waals surface area contributed by atoms with E-state index in [1.165, 1.54) is 19.3 Å². The number of hydrogen-bond donors (Lipinski definition) is 2. The summed E-state index contributed by atoms with van der Waals surface area (Å²) in [5.74, 6) is 1.12. The molecule has 0 aliphatic carbocycles. The van der Waals surface area contributed by atoms with Crippen molar-refractivity contribution in [2.24, 2.45) is 0 Å². The summed E-state index contributed by atoms with van der Waals surface area (Å²) in [4.78, 5) is 12.1. The molecule has 0 atom stereocenters. The van der Waals surface area contributed by atoms with Crippen LogP contribution >= 0.6 is 11.8 Å². The summed E-state index contributed by atoms with van der Waals surface area (Å²) in [6, 6.07) is 5.57. The second kappa shape index (κ2) is 8.62. The van der Waals surface area contributed by atoms with Crippen LogP contribution in [0, 0.1) is 5.41 Å². The Kier molecular flexibility index (Phi) is 6.52. The maximum atomic E-state index is 11.6. The highest BCUT2D eigenvalue weighted by atomic mass is 32.2. The van der Waals surface area contributed by atoms with Crippen LogP contribution in [0.25, 0.3) is 6.08 Å². The molecule has 1 fully saturated rings. The number of amidine groups is 1. The molecule has 1 aromatic rings. The number of benzene rings is 1. The number of rotatable bonds is 8. The first-order valence-corrected chi connectivity index (χ1v) is 8.56. The summed E-state index contributed by atoms with van der Waals surface area (Å²) >= 11 is 1.12. The minimum atomic E-state index is -0.241. The van der Waals surface area contributed by atoms with Crippen LogP contribution in [0.2, 0.25) is 0 Å². The lowest BCUT2D eigenvalue weighted by Gasteiger charge is -2.11. The first kappa shape index (κ1) is 17.4. The standard InChI is InChI=1S/C17H22N2O3S/c1-3-4-5-6-9-22-13-8-7-12(10-14(13)21-2)11-15-16(20)19-17(18)23-15/h7-8,10-11H,3-6,9H2,1-2H3,(H2,18,19,20)/b15-11-. The van der Waals surface area contributed by atoms with Crippen molar-refractivity contribution in [3.8, 4) is 11.5 Å². The Bertz CT molecular complexity index is 614. The van der Waals surface area contributed by atoms with E-state index in [9.17, 15) is 4.79 Å². The second-order valence-corrected chi connectivity index (χ2v) is 6.27. The number of amides is 1. The second-order valence-electron chi connectivity index (χ2n) is 5.21. The van der Waals surface area contributed by atoms with Crippen molar-refractivity contribution in [1.29, 1.82) is 5.41 Å². The Hall–Kier alpha value is -1.95. The van der Waals surface area contributed by atoms with Crippen LogP contribution in [0.5, 0.6) is 11.5 Å². The van der Waals surface area contributed by atoms with Gasteiger partial charge in [-0.1, -0.05) is 32.3 Å². The zero-order chi connectivity index (χ0) is 16.7. The Morgan fingerprint density at radius 1 is 1.26 bits per heavy atom. The molecule has 124 valence electrons. The van der Waals surface area contributed by atoms with E-state index in [1.54, 1.807) is 13.2 Å². The van der Waals surface area contributed by atoms with Gasteiger partial charge in [0.05, 0.1) is 18.6 Å². The molecule has 1 aromatic carbocycles. The first-order valence-electron chi connectivity index (χ1n) is 7.74. The molecule has 1 aliphatic rings. The SMILES string of the molecule is CCCCCCOc1ccc(/C=C2\SC(=N)NC2=O)cc1OC. The Balaban J connectivity index is 2.03. The van der Waals surface area contributed by atoms with Gasteiger partial charge < -0.3 is 14.8 Å². The summed E-state index contributed by atoms with van der Waals surface area (Å²) in [5, 5.41) is 10.1. The Morgan fingerprint density at radius 3 is 2.74 bits per heavy atom. The highest BCUT2D eigenvalue weighted by Crippen LogP contribution is 2.31. The fourth-order valence-electron chi connectivity index (χ4n) is 2.20. The van der Waals surface area contributed by atoms with Gasteiger partial charge in [-0.15, -0.1) is 0 Å². The van der Waals surface area contributed by atoms with Crippen molar-refractivity contribution in [1.82, 2.24) is 5.32 Å². The van der Waals surface area contributed by atoms with Crippen LogP contribution in [-0.2, 0) is 4.79 Å². The van der Waals surface area contributed by atoms with Crippen LogP contribution < -0.4 is 14.8 Å². The predicted molar refractivity (Wildman–Crippen MR) is 94.1 cm³/mol.